The van der Waals surface area contributed by atoms with Crippen LogP contribution in [0.4, 0.5) is 6.01 Å². The van der Waals surface area contributed by atoms with Crippen LogP contribution in [0.25, 0.3) is 0 Å². The molecule has 0 radical (unpaired) electrons. The summed E-state index contributed by atoms with van der Waals surface area (Å²) in [7, 11) is 0. The van der Waals surface area contributed by atoms with Gasteiger partial charge in [-0.05, 0) is 57.2 Å². The maximum Gasteiger partial charge on any atom is 0.324 e. The number of rotatable bonds is 5. The predicted molar refractivity (Wildman–Crippen MR) is 97.0 cm³/mol. The standard InChI is InChI=1S/C18H28N6O/c1-13-21-18(25-22-13)24-12-14-3-4-16(24)11-17(14)23-9-5-15(6-10-23)20-8-2-7-19/h2,7-8,14-17,19-20H,3-6,9-12H2,1H3/b8-2-,19-7?. The molecule has 3 atom stereocenters. The third-order valence-corrected chi connectivity index (χ3v) is 6.09. The number of anilines is 1. The highest BCUT2D eigenvalue weighted by atomic mass is 16.5. The van der Waals surface area contributed by atoms with Gasteiger partial charge in [0, 0.05) is 44.0 Å². The lowest BCUT2D eigenvalue weighted by Gasteiger charge is -2.53. The molecule has 3 saturated heterocycles. The van der Waals surface area contributed by atoms with Crippen molar-refractivity contribution in [2.24, 2.45) is 5.92 Å². The Hall–Kier alpha value is -1.89. The number of fused-ring (bicyclic) bond motifs is 3. The maximum absolute atomic E-state index is 7.03. The fourth-order valence-electron chi connectivity index (χ4n) is 4.81. The molecule has 3 unspecified atom stereocenters. The molecule has 1 aromatic heterocycles. The van der Waals surface area contributed by atoms with Crippen molar-refractivity contribution >= 4 is 12.2 Å². The second-order valence-electron chi connectivity index (χ2n) is 7.57. The predicted octanol–water partition coefficient (Wildman–Crippen LogP) is 1.95. The molecule has 2 bridgehead atoms. The zero-order chi connectivity index (χ0) is 17.2. The Labute approximate surface area is 149 Å². The van der Waals surface area contributed by atoms with Gasteiger partial charge in [-0.1, -0.05) is 5.16 Å². The van der Waals surface area contributed by atoms with E-state index in [1.165, 1.54) is 51.4 Å². The summed E-state index contributed by atoms with van der Waals surface area (Å²) in [5, 5.41) is 14.4. The zero-order valence-electron chi connectivity index (χ0n) is 14.9. The van der Waals surface area contributed by atoms with Gasteiger partial charge in [0.1, 0.15) is 0 Å². The van der Waals surface area contributed by atoms with Gasteiger partial charge < -0.3 is 20.1 Å². The van der Waals surface area contributed by atoms with Crippen LogP contribution >= 0.6 is 0 Å². The van der Waals surface area contributed by atoms with Gasteiger partial charge >= 0.3 is 6.01 Å². The quantitative estimate of drug-likeness (QED) is 0.795. The average molecular weight is 344 g/mol. The average Bonchev–Trinajstić information content (AvgIpc) is 3.09. The number of piperidine rings is 3. The molecule has 136 valence electrons. The highest BCUT2D eigenvalue weighted by molar-refractivity contribution is 5.67. The molecule has 25 heavy (non-hydrogen) atoms. The number of aryl methyl sites for hydroxylation is 1. The van der Waals surface area contributed by atoms with E-state index in [-0.39, 0.29) is 0 Å². The molecule has 7 heteroatoms. The molecule has 4 heterocycles. The van der Waals surface area contributed by atoms with Crippen LogP contribution in [0, 0.1) is 18.3 Å². The lowest BCUT2D eigenvalue weighted by molar-refractivity contribution is 0.0477. The third-order valence-electron chi connectivity index (χ3n) is 6.09. The number of hydrogen-bond donors (Lipinski definition) is 2. The summed E-state index contributed by atoms with van der Waals surface area (Å²) in [5.41, 5.74) is 0. The Bertz CT molecular complexity index is 621. The lowest BCUT2D eigenvalue weighted by Crippen LogP contribution is -2.60. The summed E-state index contributed by atoms with van der Waals surface area (Å²) in [5.74, 6) is 1.43. The second-order valence-corrected chi connectivity index (χ2v) is 7.57. The summed E-state index contributed by atoms with van der Waals surface area (Å²) >= 11 is 0. The van der Waals surface area contributed by atoms with Gasteiger partial charge in [-0.15, -0.1) is 0 Å². The highest BCUT2D eigenvalue weighted by Gasteiger charge is 2.44. The first kappa shape index (κ1) is 16.6. The van der Waals surface area contributed by atoms with E-state index in [4.69, 9.17) is 9.93 Å². The van der Waals surface area contributed by atoms with Gasteiger partial charge in [0.25, 0.3) is 0 Å². The number of hydrogen-bond acceptors (Lipinski definition) is 7. The molecule has 1 aromatic rings. The van der Waals surface area contributed by atoms with Crippen molar-refractivity contribution in [3.8, 4) is 0 Å². The number of nitrogens with zero attached hydrogens (tertiary/aromatic N) is 4. The SMILES string of the molecule is Cc1noc(N2CC3CCC2CC3N2CCC(N/C=C\C=N)CC2)n1. The van der Waals surface area contributed by atoms with Crippen molar-refractivity contribution in [1.29, 1.82) is 5.41 Å². The Morgan fingerprint density at radius 2 is 2.08 bits per heavy atom. The van der Waals surface area contributed by atoms with E-state index in [1.807, 2.05) is 13.1 Å². The summed E-state index contributed by atoms with van der Waals surface area (Å²) < 4.78 is 5.42. The molecule has 0 spiro atoms. The monoisotopic (exact) mass is 344 g/mol. The van der Waals surface area contributed by atoms with Crippen molar-refractivity contribution in [2.75, 3.05) is 24.5 Å². The molecule has 3 aliphatic heterocycles. The van der Waals surface area contributed by atoms with Crippen molar-refractivity contribution in [3.05, 3.63) is 18.1 Å². The van der Waals surface area contributed by atoms with Gasteiger partial charge in [-0.2, -0.15) is 4.98 Å². The van der Waals surface area contributed by atoms with Crippen LogP contribution < -0.4 is 10.2 Å². The smallest absolute Gasteiger partial charge is 0.324 e. The number of allylic oxidation sites excluding steroid dienone is 1. The van der Waals surface area contributed by atoms with Crippen LogP contribution in [0.3, 0.4) is 0 Å². The molecule has 0 aromatic carbocycles. The number of nitrogens with one attached hydrogen (secondary N) is 2. The minimum atomic E-state index is 0.543. The number of likely N-dealkylation sites (tertiary alicyclic amines) is 1. The Balaban J connectivity index is 1.33. The van der Waals surface area contributed by atoms with Crippen molar-refractivity contribution in [1.82, 2.24) is 20.4 Å². The Kier molecular flexibility index (Phi) is 4.74. The van der Waals surface area contributed by atoms with Gasteiger partial charge in [-0.3, -0.25) is 4.90 Å². The minimum absolute atomic E-state index is 0.543. The van der Waals surface area contributed by atoms with Gasteiger partial charge in [0.2, 0.25) is 0 Å². The first-order valence-corrected chi connectivity index (χ1v) is 9.47. The third kappa shape index (κ3) is 3.42. The molecule has 2 N–H and O–H groups in total. The first-order valence-electron chi connectivity index (χ1n) is 9.47. The van der Waals surface area contributed by atoms with E-state index >= 15 is 0 Å². The fourth-order valence-corrected chi connectivity index (χ4v) is 4.81. The Morgan fingerprint density at radius 1 is 1.24 bits per heavy atom. The van der Waals surface area contributed by atoms with Gasteiger partial charge in [0.05, 0.1) is 0 Å². The van der Waals surface area contributed by atoms with E-state index in [0.717, 1.165) is 12.4 Å². The largest absolute Gasteiger partial charge is 0.388 e. The molecule has 5 rings (SSSR count). The van der Waals surface area contributed by atoms with E-state index in [2.05, 4.69) is 25.3 Å². The van der Waals surface area contributed by atoms with E-state index in [9.17, 15) is 0 Å². The highest BCUT2D eigenvalue weighted by Crippen LogP contribution is 2.40. The van der Waals surface area contributed by atoms with Crippen LogP contribution in [0.5, 0.6) is 0 Å². The summed E-state index contributed by atoms with van der Waals surface area (Å²) in [6.45, 7) is 5.28. The number of aromatic nitrogens is 2. The minimum Gasteiger partial charge on any atom is -0.388 e. The van der Waals surface area contributed by atoms with Crippen LogP contribution in [-0.2, 0) is 0 Å². The summed E-state index contributed by atoms with van der Waals surface area (Å²) in [6, 6.07) is 2.51. The lowest BCUT2D eigenvalue weighted by atomic mass is 9.75. The topological polar surface area (TPSA) is 81.3 Å². The molecule has 1 aliphatic carbocycles. The molecular weight excluding hydrogens is 316 g/mol. The maximum atomic E-state index is 7.03. The zero-order valence-corrected chi connectivity index (χ0v) is 14.9. The molecular formula is C18H28N6O. The molecule has 0 amide bonds. The molecule has 1 saturated carbocycles. The van der Waals surface area contributed by atoms with E-state index < -0.39 is 0 Å². The van der Waals surface area contributed by atoms with E-state index in [0.29, 0.717) is 30.1 Å². The summed E-state index contributed by atoms with van der Waals surface area (Å²) in [6.07, 6.45) is 11.1. The van der Waals surface area contributed by atoms with Gasteiger partial charge in [-0.25, -0.2) is 0 Å². The molecule has 4 fully saturated rings. The second kappa shape index (κ2) is 7.15. The molecule has 7 nitrogen and oxygen atoms in total. The van der Waals surface area contributed by atoms with Crippen LogP contribution in [0.2, 0.25) is 0 Å². The Morgan fingerprint density at radius 3 is 2.72 bits per heavy atom. The van der Waals surface area contributed by atoms with Crippen LogP contribution in [0.1, 0.15) is 37.9 Å². The normalized spacial score (nSPS) is 30.9. The molecule has 4 aliphatic rings. The van der Waals surface area contributed by atoms with Gasteiger partial charge in [0.15, 0.2) is 5.82 Å². The van der Waals surface area contributed by atoms with Crippen molar-refractivity contribution < 1.29 is 4.52 Å². The first-order chi connectivity index (χ1) is 12.2. The summed E-state index contributed by atoms with van der Waals surface area (Å²) in [4.78, 5) is 9.50. The van der Waals surface area contributed by atoms with Crippen LogP contribution in [-0.4, -0.2) is 59.0 Å². The van der Waals surface area contributed by atoms with Crippen molar-refractivity contribution in [3.63, 3.8) is 0 Å². The van der Waals surface area contributed by atoms with E-state index in [1.54, 1.807) is 6.08 Å². The fraction of sp³-hybridized carbons (Fsp3) is 0.722. The van der Waals surface area contributed by atoms with Crippen LogP contribution in [0.15, 0.2) is 16.8 Å². The van der Waals surface area contributed by atoms with Crippen molar-refractivity contribution in [2.45, 2.75) is 57.2 Å².